The van der Waals surface area contributed by atoms with Gasteiger partial charge in [-0.1, -0.05) is 12.5 Å². The van der Waals surface area contributed by atoms with Crippen LogP contribution in [-0.2, 0) is 6.54 Å². The van der Waals surface area contributed by atoms with Crippen molar-refractivity contribution in [1.82, 2.24) is 10.3 Å². The molecular weight excluding hydrogens is 214 g/mol. The van der Waals surface area contributed by atoms with Crippen LogP contribution < -0.4 is 11.1 Å². The van der Waals surface area contributed by atoms with Crippen molar-refractivity contribution in [3.63, 3.8) is 0 Å². The summed E-state index contributed by atoms with van der Waals surface area (Å²) in [5.41, 5.74) is 8.48. The van der Waals surface area contributed by atoms with Crippen LogP contribution in [0.3, 0.4) is 0 Å². The smallest absolute Gasteiger partial charge is 0.212 e. The molecule has 0 spiro atoms. The Labute approximate surface area is 100 Å². The highest BCUT2D eigenvalue weighted by Gasteiger charge is 2.20. The van der Waals surface area contributed by atoms with Crippen LogP contribution in [0.25, 0.3) is 11.1 Å². The third-order valence-electron chi connectivity index (χ3n) is 3.31. The van der Waals surface area contributed by atoms with E-state index in [2.05, 4.69) is 10.3 Å². The van der Waals surface area contributed by atoms with Gasteiger partial charge in [0, 0.05) is 6.54 Å². The molecule has 0 saturated carbocycles. The van der Waals surface area contributed by atoms with Gasteiger partial charge < -0.3 is 15.5 Å². The van der Waals surface area contributed by atoms with Crippen LogP contribution in [0.2, 0.25) is 0 Å². The summed E-state index contributed by atoms with van der Waals surface area (Å²) in [6.07, 6.45) is 3.59. The molecule has 1 atom stereocenters. The van der Waals surface area contributed by atoms with Crippen molar-refractivity contribution >= 4 is 11.1 Å². The van der Waals surface area contributed by atoms with Gasteiger partial charge in [-0.25, -0.2) is 4.98 Å². The number of nitrogens with two attached hydrogens (primary N) is 1. The van der Waals surface area contributed by atoms with Crippen LogP contribution in [0.4, 0.5) is 0 Å². The lowest BCUT2D eigenvalue weighted by molar-refractivity contribution is 0.347. The minimum atomic E-state index is 0.275. The zero-order valence-electron chi connectivity index (χ0n) is 9.78. The van der Waals surface area contributed by atoms with Crippen LogP contribution >= 0.6 is 0 Å². The second-order valence-corrected chi connectivity index (χ2v) is 4.56. The Hall–Kier alpha value is -1.39. The summed E-state index contributed by atoms with van der Waals surface area (Å²) < 4.78 is 5.79. The maximum absolute atomic E-state index is 5.79. The monoisotopic (exact) mass is 231 g/mol. The predicted molar refractivity (Wildman–Crippen MR) is 66.5 cm³/mol. The first kappa shape index (κ1) is 10.7. The molecule has 3 N–H and O–H groups in total. The van der Waals surface area contributed by atoms with Crippen LogP contribution in [0.15, 0.2) is 22.6 Å². The summed E-state index contributed by atoms with van der Waals surface area (Å²) in [5.74, 6) is 0.814. The van der Waals surface area contributed by atoms with Crippen molar-refractivity contribution in [2.24, 2.45) is 5.73 Å². The molecule has 2 aromatic rings. The first-order chi connectivity index (χ1) is 8.36. The van der Waals surface area contributed by atoms with Crippen molar-refractivity contribution < 1.29 is 4.42 Å². The predicted octanol–water partition coefficient (Wildman–Crippen LogP) is 2.10. The summed E-state index contributed by atoms with van der Waals surface area (Å²) >= 11 is 0. The molecule has 1 aromatic carbocycles. The Balaban J connectivity index is 1.95. The fourth-order valence-electron chi connectivity index (χ4n) is 2.33. The number of oxazole rings is 1. The third kappa shape index (κ3) is 2.06. The molecule has 0 aliphatic carbocycles. The highest BCUT2D eigenvalue weighted by Crippen LogP contribution is 2.26. The molecule has 0 radical (unpaired) electrons. The van der Waals surface area contributed by atoms with E-state index in [1.54, 1.807) is 0 Å². The van der Waals surface area contributed by atoms with Crippen LogP contribution in [0, 0.1) is 0 Å². The molecular formula is C13H17N3O. The molecule has 1 aliphatic rings. The van der Waals surface area contributed by atoms with E-state index < -0.39 is 0 Å². The van der Waals surface area contributed by atoms with Crippen molar-refractivity contribution in [3.05, 3.63) is 29.7 Å². The molecule has 3 rings (SSSR count). The molecule has 2 heterocycles. The zero-order valence-corrected chi connectivity index (χ0v) is 9.78. The van der Waals surface area contributed by atoms with E-state index in [-0.39, 0.29) is 6.04 Å². The second kappa shape index (κ2) is 4.47. The molecule has 1 aromatic heterocycles. The molecule has 0 bridgehead atoms. The Morgan fingerprint density at radius 2 is 2.35 bits per heavy atom. The van der Waals surface area contributed by atoms with Crippen molar-refractivity contribution in [3.8, 4) is 0 Å². The largest absolute Gasteiger partial charge is 0.439 e. The molecule has 4 heteroatoms. The number of nitrogens with one attached hydrogen (secondary N) is 1. The quantitative estimate of drug-likeness (QED) is 0.830. The lowest BCUT2D eigenvalue weighted by Gasteiger charge is -2.19. The summed E-state index contributed by atoms with van der Waals surface area (Å²) in [4.78, 5) is 4.56. The maximum Gasteiger partial charge on any atom is 0.212 e. The van der Waals surface area contributed by atoms with Gasteiger partial charge in [-0.2, -0.15) is 0 Å². The summed E-state index contributed by atoms with van der Waals surface area (Å²) in [6, 6.07) is 6.23. The number of hydrogen-bond acceptors (Lipinski definition) is 4. The summed E-state index contributed by atoms with van der Waals surface area (Å²) in [6.45, 7) is 1.59. The first-order valence-corrected chi connectivity index (χ1v) is 6.19. The van der Waals surface area contributed by atoms with E-state index in [0.29, 0.717) is 6.54 Å². The number of aromatic nitrogens is 1. The highest BCUT2D eigenvalue weighted by atomic mass is 16.3. The SMILES string of the molecule is NCc1ccc2oc(C3CCCCN3)nc2c1. The van der Waals surface area contributed by atoms with Gasteiger partial charge in [0.2, 0.25) is 5.89 Å². The van der Waals surface area contributed by atoms with Crippen LogP contribution in [-0.4, -0.2) is 11.5 Å². The van der Waals surface area contributed by atoms with Crippen LogP contribution in [0.5, 0.6) is 0 Å². The first-order valence-electron chi connectivity index (χ1n) is 6.19. The molecule has 1 saturated heterocycles. The number of piperidine rings is 1. The number of fused-ring (bicyclic) bond motifs is 1. The second-order valence-electron chi connectivity index (χ2n) is 4.56. The van der Waals surface area contributed by atoms with Gasteiger partial charge in [0.15, 0.2) is 5.58 Å². The Morgan fingerprint density at radius 1 is 1.41 bits per heavy atom. The minimum absolute atomic E-state index is 0.275. The summed E-state index contributed by atoms with van der Waals surface area (Å²) in [7, 11) is 0. The normalized spacial score (nSPS) is 20.9. The van der Waals surface area contributed by atoms with E-state index >= 15 is 0 Å². The topological polar surface area (TPSA) is 64.1 Å². The maximum atomic E-state index is 5.79. The molecule has 17 heavy (non-hydrogen) atoms. The van der Waals surface area contributed by atoms with E-state index in [1.165, 1.54) is 12.8 Å². The number of rotatable bonds is 2. The van der Waals surface area contributed by atoms with Gasteiger partial charge in [0.1, 0.15) is 5.52 Å². The average molecular weight is 231 g/mol. The fourth-order valence-corrected chi connectivity index (χ4v) is 2.33. The van der Waals surface area contributed by atoms with Crippen molar-refractivity contribution in [2.75, 3.05) is 6.54 Å². The van der Waals surface area contributed by atoms with E-state index in [0.717, 1.165) is 35.5 Å². The highest BCUT2D eigenvalue weighted by molar-refractivity contribution is 5.73. The lowest BCUT2D eigenvalue weighted by atomic mass is 10.1. The third-order valence-corrected chi connectivity index (χ3v) is 3.31. The van der Waals surface area contributed by atoms with Crippen molar-refractivity contribution in [1.29, 1.82) is 0 Å². The molecule has 4 nitrogen and oxygen atoms in total. The molecule has 1 aliphatic heterocycles. The average Bonchev–Trinajstić information content (AvgIpc) is 2.82. The molecule has 90 valence electrons. The Bertz CT molecular complexity index is 514. The lowest BCUT2D eigenvalue weighted by Crippen LogP contribution is -2.26. The van der Waals surface area contributed by atoms with Crippen LogP contribution in [0.1, 0.15) is 36.8 Å². The van der Waals surface area contributed by atoms with Gasteiger partial charge in [0.25, 0.3) is 0 Å². The van der Waals surface area contributed by atoms with Gasteiger partial charge in [-0.05, 0) is 37.1 Å². The summed E-state index contributed by atoms with van der Waals surface area (Å²) in [5, 5.41) is 3.44. The van der Waals surface area contributed by atoms with E-state index in [1.807, 2.05) is 18.2 Å². The number of hydrogen-bond donors (Lipinski definition) is 2. The zero-order chi connectivity index (χ0) is 11.7. The van der Waals surface area contributed by atoms with Gasteiger partial charge in [0.05, 0.1) is 6.04 Å². The minimum Gasteiger partial charge on any atom is -0.439 e. The standard InChI is InChI=1S/C13H17N3O/c14-8-9-4-5-12-11(7-9)16-13(17-12)10-3-1-2-6-15-10/h4-5,7,10,15H,1-3,6,8,14H2. The van der Waals surface area contributed by atoms with E-state index in [9.17, 15) is 0 Å². The van der Waals surface area contributed by atoms with E-state index in [4.69, 9.17) is 10.2 Å². The Morgan fingerprint density at radius 3 is 3.12 bits per heavy atom. The fraction of sp³-hybridized carbons (Fsp3) is 0.462. The molecule has 0 amide bonds. The van der Waals surface area contributed by atoms with Gasteiger partial charge in [-0.3, -0.25) is 0 Å². The molecule has 1 fully saturated rings. The number of nitrogens with zero attached hydrogens (tertiary/aromatic N) is 1. The van der Waals surface area contributed by atoms with Gasteiger partial charge >= 0.3 is 0 Å². The Kier molecular flexibility index (Phi) is 2.82. The molecule has 1 unspecified atom stereocenters. The van der Waals surface area contributed by atoms with Crippen molar-refractivity contribution in [2.45, 2.75) is 31.8 Å². The van der Waals surface area contributed by atoms with Gasteiger partial charge in [-0.15, -0.1) is 0 Å². The number of benzene rings is 1.